The molecule has 0 amide bonds. The van der Waals surface area contributed by atoms with Crippen LogP contribution in [0.25, 0.3) is 0 Å². The van der Waals surface area contributed by atoms with Crippen molar-refractivity contribution in [3.05, 3.63) is 47.6 Å². The maximum absolute atomic E-state index is 12.2. The Morgan fingerprint density at radius 3 is 2.62 bits per heavy atom. The van der Waals surface area contributed by atoms with Gasteiger partial charge in [0.2, 0.25) is 0 Å². The Hall–Kier alpha value is -1.89. The van der Waals surface area contributed by atoms with Crippen LogP contribution in [0.15, 0.2) is 47.6 Å². The molecule has 224 valence electrons. The number of carbonyl (C=O) groups excluding carboxylic acids is 1. The Bertz CT molecular complexity index is 990. The Labute approximate surface area is 241 Å². The van der Waals surface area contributed by atoms with Gasteiger partial charge in [0.15, 0.2) is 0 Å². The molecular formula is C34H52O6. The summed E-state index contributed by atoms with van der Waals surface area (Å²) in [5.41, 5.74) is 2.52. The number of ether oxygens (including phenoxy) is 2. The van der Waals surface area contributed by atoms with E-state index in [0.29, 0.717) is 50.0 Å². The van der Waals surface area contributed by atoms with Crippen molar-refractivity contribution in [2.24, 2.45) is 23.2 Å². The van der Waals surface area contributed by atoms with Gasteiger partial charge in [-0.05, 0) is 92.1 Å². The summed E-state index contributed by atoms with van der Waals surface area (Å²) < 4.78 is 10.8. The van der Waals surface area contributed by atoms with Gasteiger partial charge in [-0.25, -0.2) is 4.79 Å². The van der Waals surface area contributed by atoms with Crippen LogP contribution in [-0.2, 0) is 9.47 Å². The fourth-order valence-corrected chi connectivity index (χ4v) is 7.66. The number of allylic oxidation sites excluding steroid dienone is 4. The first kappa shape index (κ1) is 31.1. The lowest BCUT2D eigenvalue weighted by molar-refractivity contribution is -0.0319. The molecule has 40 heavy (non-hydrogen) atoms. The quantitative estimate of drug-likeness (QED) is 0.145. The highest BCUT2D eigenvalue weighted by molar-refractivity contribution is 5.61. The Morgan fingerprint density at radius 2 is 1.90 bits per heavy atom. The SMILES string of the molecule is C=C1/C(=C\C=C2/CCC[C@]3(C)[C@@H]([C@H](C)/C=C/[C@@H](O)C4(OC(=O)OCCCCCC)CC4)CC[C@@H]23)C[C@@H](O)C[C@@H]1O. The van der Waals surface area contributed by atoms with Gasteiger partial charge in [-0.2, -0.15) is 0 Å². The summed E-state index contributed by atoms with van der Waals surface area (Å²) in [6.45, 7) is 11.3. The van der Waals surface area contributed by atoms with Gasteiger partial charge >= 0.3 is 6.16 Å². The Balaban J connectivity index is 1.34. The van der Waals surface area contributed by atoms with E-state index in [4.69, 9.17) is 9.47 Å². The van der Waals surface area contributed by atoms with Crippen LogP contribution in [-0.4, -0.2) is 52.0 Å². The van der Waals surface area contributed by atoms with E-state index in [9.17, 15) is 20.1 Å². The van der Waals surface area contributed by atoms with Crippen LogP contribution < -0.4 is 0 Å². The molecule has 7 atom stereocenters. The van der Waals surface area contributed by atoms with E-state index < -0.39 is 30.1 Å². The highest BCUT2D eigenvalue weighted by Crippen LogP contribution is 2.59. The average Bonchev–Trinajstić information content (AvgIpc) is 3.60. The topological polar surface area (TPSA) is 96.2 Å². The first-order valence-electron chi connectivity index (χ1n) is 15.8. The zero-order chi connectivity index (χ0) is 28.9. The van der Waals surface area contributed by atoms with Crippen molar-refractivity contribution in [2.75, 3.05) is 6.61 Å². The molecule has 3 N–H and O–H groups in total. The van der Waals surface area contributed by atoms with Gasteiger partial charge in [0, 0.05) is 6.42 Å². The molecule has 4 aliphatic rings. The molecule has 6 nitrogen and oxygen atoms in total. The van der Waals surface area contributed by atoms with E-state index in [-0.39, 0.29) is 5.41 Å². The largest absolute Gasteiger partial charge is 0.508 e. The summed E-state index contributed by atoms with van der Waals surface area (Å²) in [6, 6.07) is 0. The van der Waals surface area contributed by atoms with E-state index in [1.807, 2.05) is 6.08 Å². The minimum atomic E-state index is -0.836. The monoisotopic (exact) mass is 556 g/mol. The first-order valence-corrected chi connectivity index (χ1v) is 15.8. The smallest absolute Gasteiger partial charge is 0.434 e. The summed E-state index contributed by atoms with van der Waals surface area (Å²) >= 11 is 0. The zero-order valence-electron chi connectivity index (χ0n) is 24.9. The predicted octanol–water partition coefficient (Wildman–Crippen LogP) is 6.95. The Kier molecular flexibility index (Phi) is 10.4. The third-order valence-corrected chi connectivity index (χ3v) is 10.3. The van der Waals surface area contributed by atoms with Crippen LogP contribution in [0.5, 0.6) is 0 Å². The molecule has 0 aromatic carbocycles. The molecule has 0 bridgehead atoms. The second-order valence-corrected chi connectivity index (χ2v) is 13.2. The van der Waals surface area contributed by atoms with Gasteiger partial charge in [-0.15, -0.1) is 0 Å². The van der Waals surface area contributed by atoms with Crippen molar-refractivity contribution in [1.82, 2.24) is 0 Å². The molecule has 0 aromatic rings. The molecular weight excluding hydrogens is 504 g/mol. The molecule has 0 aromatic heterocycles. The lowest BCUT2D eigenvalue weighted by Gasteiger charge is -2.44. The van der Waals surface area contributed by atoms with Crippen molar-refractivity contribution in [2.45, 2.75) is 128 Å². The lowest BCUT2D eigenvalue weighted by Crippen LogP contribution is -2.36. The van der Waals surface area contributed by atoms with E-state index >= 15 is 0 Å². The van der Waals surface area contributed by atoms with Crippen molar-refractivity contribution >= 4 is 6.16 Å². The number of unbranched alkanes of at least 4 members (excludes halogenated alkanes) is 3. The van der Waals surface area contributed by atoms with Gasteiger partial charge in [0.25, 0.3) is 0 Å². The van der Waals surface area contributed by atoms with Crippen LogP contribution >= 0.6 is 0 Å². The number of aliphatic hydroxyl groups is 3. The second kappa shape index (κ2) is 13.4. The van der Waals surface area contributed by atoms with Crippen LogP contribution in [0.2, 0.25) is 0 Å². The predicted molar refractivity (Wildman–Crippen MR) is 158 cm³/mol. The van der Waals surface area contributed by atoms with Gasteiger partial charge in [0.05, 0.1) is 18.8 Å². The van der Waals surface area contributed by atoms with Crippen molar-refractivity contribution in [3.8, 4) is 0 Å². The van der Waals surface area contributed by atoms with Crippen molar-refractivity contribution in [1.29, 1.82) is 0 Å². The van der Waals surface area contributed by atoms with E-state index in [1.54, 1.807) is 0 Å². The molecule has 4 saturated carbocycles. The second-order valence-electron chi connectivity index (χ2n) is 13.2. The average molecular weight is 557 g/mol. The molecule has 0 saturated heterocycles. The minimum absolute atomic E-state index is 0.190. The molecule has 0 radical (unpaired) electrons. The van der Waals surface area contributed by atoms with Gasteiger partial charge in [-0.3, -0.25) is 0 Å². The number of fused-ring (bicyclic) bond motifs is 1. The Morgan fingerprint density at radius 1 is 1.12 bits per heavy atom. The number of rotatable bonds is 11. The summed E-state index contributed by atoms with van der Waals surface area (Å²) in [7, 11) is 0. The molecule has 4 rings (SSSR count). The fourth-order valence-electron chi connectivity index (χ4n) is 7.66. The maximum Gasteiger partial charge on any atom is 0.508 e. The lowest BCUT2D eigenvalue weighted by atomic mass is 9.61. The fraction of sp³-hybridized carbons (Fsp3) is 0.735. The third-order valence-electron chi connectivity index (χ3n) is 10.3. The van der Waals surface area contributed by atoms with Crippen LogP contribution in [0.1, 0.15) is 104 Å². The van der Waals surface area contributed by atoms with Crippen LogP contribution in [0.3, 0.4) is 0 Å². The molecule has 4 aliphatic carbocycles. The summed E-state index contributed by atoms with van der Waals surface area (Å²) in [5, 5.41) is 31.3. The highest BCUT2D eigenvalue weighted by Gasteiger charge is 2.53. The highest BCUT2D eigenvalue weighted by atomic mass is 16.7. The zero-order valence-corrected chi connectivity index (χ0v) is 24.9. The number of hydrogen-bond donors (Lipinski definition) is 3. The number of aliphatic hydroxyl groups excluding tert-OH is 3. The molecule has 0 heterocycles. The molecule has 4 fully saturated rings. The number of carbonyl (C=O) groups is 1. The maximum atomic E-state index is 12.2. The third kappa shape index (κ3) is 7.11. The van der Waals surface area contributed by atoms with Crippen LogP contribution in [0, 0.1) is 23.2 Å². The van der Waals surface area contributed by atoms with Crippen molar-refractivity contribution in [3.63, 3.8) is 0 Å². The van der Waals surface area contributed by atoms with Gasteiger partial charge in [-0.1, -0.05) is 76.5 Å². The van der Waals surface area contributed by atoms with Gasteiger partial charge in [0.1, 0.15) is 11.7 Å². The van der Waals surface area contributed by atoms with Crippen LogP contribution in [0.4, 0.5) is 4.79 Å². The molecule has 0 aliphatic heterocycles. The van der Waals surface area contributed by atoms with Gasteiger partial charge < -0.3 is 24.8 Å². The standard InChI is InChI=1S/C34H52O6/c1-5-6-7-8-20-39-32(38)40-34(18-19-34)31(37)16-11-23(2)28-14-15-29-25(10-9-17-33(28,29)4)12-13-26-21-27(35)22-30(36)24(26)3/h11-13,16,23,27-31,35-37H,3,5-10,14-15,17-22H2,1-2,4H3/b16-11+,25-12+,26-13-/t23-,27-,28-,29+,30+,31-,33-/m1/s1. The molecule has 6 heteroatoms. The van der Waals surface area contributed by atoms with E-state index in [2.05, 4.69) is 45.6 Å². The molecule has 0 spiro atoms. The van der Waals surface area contributed by atoms with Crippen molar-refractivity contribution < 1.29 is 29.6 Å². The summed E-state index contributed by atoms with van der Waals surface area (Å²) in [4.78, 5) is 12.2. The number of hydrogen-bond acceptors (Lipinski definition) is 6. The summed E-state index contributed by atoms with van der Waals surface area (Å²) in [6.07, 6.45) is 17.8. The molecule has 0 unspecified atom stereocenters. The first-order chi connectivity index (χ1) is 19.1. The van der Waals surface area contributed by atoms with E-state index in [1.165, 1.54) is 12.0 Å². The normalized spacial score (nSPS) is 35.1. The minimum Gasteiger partial charge on any atom is -0.434 e. The van der Waals surface area contributed by atoms with E-state index in [0.717, 1.165) is 62.5 Å². The summed E-state index contributed by atoms with van der Waals surface area (Å²) in [5.74, 6) is 1.32.